The van der Waals surface area contributed by atoms with E-state index in [4.69, 9.17) is 9.47 Å². The second-order valence-corrected chi connectivity index (χ2v) is 7.29. The number of hydrogen-bond acceptors (Lipinski definition) is 7. The minimum atomic E-state index is -1.69. The molecule has 4 atom stereocenters. The van der Waals surface area contributed by atoms with Crippen molar-refractivity contribution >= 4 is 29.3 Å². The van der Waals surface area contributed by atoms with E-state index in [2.05, 4.69) is 5.32 Å². The number of carbonyl (C=O) groups is 4. The Hall–Kier alpha value is -2.74. The molecule has 1 aromatic carbocycles. The van der Waals surface area contributed by atoms with E-state index < -0.39 is 41.1 Å². The highest BCUT2D eigenvalue weighted by atomic mass is 16.5. The van der Waals surface area contributed by atoms with Crippen molar-refractivity contribution in [2.45, 2.75) is 45.6 Å². The SMILES string of the molecule is CCOC(=O)[C@H]1C(=O)C[C@@](C)(O)[C@@H](C(=O)OCC)[C@@H]1c1ccc(NC(C)=O)cc1. The Bertz CT molecular complexity index is 785. The van der Waals surface area contributed by atoms with Crippen molar-refractivity contribution in [1.29, 1.82) is 0 Å². The van der Waals surface area contributed by atoms with Gasteiger partial charge in [-0.3, -0.25) is 19.2 Å². The van der Waals surface area contributed by atoms with Crippen LogP contribution < -0.4 is 5.32 Å². The zero-order valence-corrected chi connectivity index (χ0v) is 17.1. The van der Waals surface area contributed by atoms with Crippen molar-refractivity contribution in [3.05, 3.63) is 29.8 Å². The van der Waals surface area contributed by atoms with Gasteiger partial charge in [-0.25, -0.2) is 0 Å². The third-order valence-electron chi connectivity index (χ3n) is 4.96. The topological polar surface area (TPSA) is 119 Å². The van der Waals surface area contributed by atoms with E-state index >= 15 is 0 Å². The summed E-state index contributed by atoms with van der Waals surface area (Å²) in [7, 11) is 0. The molecule has 0 spiro atoms. The largest absolute Gasteiger partial charge is 0.466 e. The lowest BCUT2D eigenvalue weighted by Gasteiger charge is -2.43. The second-order valence-electron chi connectivity index (χ2n) is 7.29. The van der Waals surface area contributed by atoms with E-state index in [0.717, 1.165) is 0 Å². The average molecular weight is 405 g/mol. The fourth-order valence-electron chi connectivity index (χ4n) is 3.87. The van der Waals surface area contributed by atoms with Crippen molar-refractivity contribution in [2.75, 3.05) is 18.5 Å². The first-order valence-corrected chi connectivity index (χ1v) is 9.58. The molecule has 0 radical (unpaired) electrons. The van der Waals surface area contributed by atoms with Crippen LogP contribution in [0.4, 0.5) is 5.69 Å². The van der Waals surface area contributed by atoms with Crippen LogP contribution in [0.25, 0.3) is 0 Å². The number of rotatable bonds is 6. The molecule has 8 heteroatoms. The number of esters is 2. The Morgan fingerprint density at radius 2 is 1.66 bits per heavy atom. The number of amides is 1. The van der Waals surface area contributed by atoms with Crippen molar-refractivity contribution in [2.24, 2.45) is 11.8 Å². The predicted octanol–water partition coefficient (Wildman–Crippen LogP) is 1.81. The van der Waals surface area contributed by atoms with Crippen LogP contribution in [0, 0.1) is 11.8 Å². The van der Waals surface area contributed by atoms with E-state index in [0.29, 0.717) is 11.3 Å². The van der Waals surface area contributed by atoms with Crippen LogP contribution in [0.15, 0.2) is 24.3 Å². The van der Waals surface area contributed by atoms with E-state index in [-0.39, 0.29) is 25.5 Å². The summed E-state index contributed by atoms with van der Waals surface area (Å²) in [5, 5.41) is 13.5. The molecule has 1 aliphatic carbocycles. The highest BCUT2D eigenvalue weighted by Crippen LogP contribution is 2.46. The molecule has 0 bridgehead atoms. The molecule has 8 nitrogen and oxygen atoms in total. The van der Waals surface area contributed by atoms with Gasteiger partial charge in [0.25, 0.3) is 0 Å². The van der Waals surface area contributed by atoms with Crippen molar-refractivity contribution in [3.63, 3.8) is 0 Å². The molecule has 1 saturated carbocycles. The quantitative estimate of drug-likeness (QED) is 0.547. The van der Waals surface area contributed by atoms with Crippen LogP contribution in [0.3, 0.4) is 0 Å². The van der Waals surface area contributed by atoms with Gasteiger partial charge in [0, 0.05) is 24.9 Å². The number of Topliss-reactive ketones (excluding diaryl/α,β-unsaturated/α-hetero) is 1. The summed E-state index contributed by atoms with van der Waals surface area (Å²) >= 11 is 0. The standard InChI is InChI=1S/C21H27NO7/c1-5-28-19(25)17-15(24)11-21(4,27)18(20(26)29-6-2)16(17)13-7-9-14(10-8-13)22-12(3)23/h7-10,16-18,27H,5-6,11H2,1-4H3,(H,22,23)/t16-,17+,18-,21-/m1/s1. The van der Waals surface area contributed by atoms with Gasteiger partial charge in [-0.2, -0.15) is 0 Å². The highest BCUT2D eigenvalue weighted by molar-refractivity contribution is 6.02. The maximum Gasteiger partial charge on any atom is 0.317 e. The minimum absolute atomic E-state index is 0.0806. The Morgan fingerprint density at radius 3 is 2.17 bits per heavy atom. The van der Waals surface area contributed by atoms with Crippen molar-refractivity contribution < 1.29 is 33.8 Å². The fourth-order valence-corrected chi connectivity index (χ4v) is 3.87. The molecule has 1 amide bonds. The van der Waals surface area contributed by atoms with Gasteiger partial charge in [-0.15, -0.1) is 0 Å². The molecule has 0 aliphatic heterocycles. The van der Waals surface area contributed by atoms with Crippen LogP contribution in [0.1, 0.15) is 45.6 Å². The summed E-state index contributed by atoms with van der Waals surface area (Å²) in [5.41, 5.74) is -0.674. The average Bonchev–Trinajstić information content (AvgIpc) is 2.60. The molecule has 2 rings (SSSR count). The predicted molar refractivity (Wildman–Crippen MR) is 104 cm³/mol. The fraction of sp³-hybridized carbons (Fsp3) is 0.524. The third kappa shape index (κ3) is 5.00. The lowest BCUT2D eigenvalue weighted by atomic mass is 9.61. The van der Waals surface area contributed by atoms with E-state index in [1.165, 1.54) is 13.8 Å². The van der Waals surface area contributed by atoms with E-state index in [9.17, 15) is 24.3 Å². The maximum absolute atomic E-state index is 12.8. The summed E-state index contributed by atoms with van der Waals surface area (Å²) in [6, 6.07) is 6.44. The maximum atomic E-state index is 12.8. The van der Waals surface area contributed by atoms with Gasteiger partial charge in [-0.1, -0.05) is 12.1 Å². The van der Waals surface area contributed by atoms with Crippen LogP contribution in [0.5, 0.6) is 0 Å². The van der Waals surface area contributed by atoms with Crippen LogP contribution in [-0.4, -0.2) is 47.6 Å². The van der Waals surface area contributed by atoms with Gasteiger partial charge in [-0.05, 0) is 38.5 Å². The van der Waals surface area contributed by atoms with E-state index in [1.54, 1.807) is 38.1 Å². The molecule has 0 aromatic heterocycles. The summed E-state index contributed by atoms with van der Waals surface area (Å²) in [5.74, 6) is -5.51. The summed E-state index contributed by atoms with van der Waals surface area (Å²) in [6.07, 6.45) is -0.361. The van der Waals surface area contributed by atoms with Gasteiger partial charge in [0.05, 0.1) is 24.7 Å². The first-order chi connectivity index (χ1) is 13.6. The van der Waals surface area contributed by atoms with Crippen LogP contribution >= 0.6 is 0 Å². The molecule has 1 aromatic rings. The molecule has 0 unspecified atom stereocenters. The third-order valence-corrected chi connectivity index (χ3v) is 4.96. The molecule has 0 saturated heterocycles. The van der Waals surface area contributed by atoms with Crippen molar-refractivity contribution in [1.82, 2.24) is 0 Å². The summed E-state index contributed by atoms with van der Waals surface area (Å²) in [6.45, 7) is 6.21. The number of benzene rings is 1. The van der Waals surface area contributed by atoms with Gasteiger partial charge < -0.3 is 19.9 Å². The number of hydrogen-bond donors (Lipinski definition) is 2. The van der Waals surface area contributed by atoms with Gasteiger partial charge in [0.2, 0.25) is 5.91 Å². The normalized spacial score (nSPS) is 26.5. The first-order valence-electron chi connectivity index (χ1n) is 9.58. The smallest absolute Gasteiger partial charge is 0.317 e. The zero-order chi connectivity index (χ0) is 21.8. The summed E-state index contributed by atoms with van der Waals surface area (Å²) in [4.78, 5) is 49.4. The Balaban J connectivity index is 2.56. The minimum Gasteiger partial charge on any atom is -0.466 e. The number of anilines is 1. The number of nitrogens with one attached hydrogen (secondary N) is 1. The number of ether oxygens (including phenoxy) is 2. The Labute approximate surface area is 169 Å². The molecule has 158 valence electrons. The number of ketones is 1. The molecule has 29 heavy (non-hydrogen) atoms. The zero-order valence-electron chi connectivity index (χ0n) is 17.1. The Morgan fingerprint density at radius 1 is 1.10 bits per heavy atom. The highest BCUT2D eigenvalue weighted by Gasteiger charge is 2.57. The molecule has 2 N–H and O–H groups in total. The van der Waals surface area contributed by atoms with Gasteiger partial charge in [0.1, 0.15) is 5.92 Å². The molecule has 0 heterocycles. The molecular formula is C21H27NO7. The second kappa shape index (κ2) is 9.17. The lowest BCUT2D eigenvalue weighted by Crippen LogP contribution is -2.55. The van der Waals surface area contributed by atoms with Crippen molar-refractivity contribution in [3.8, 4) is 0 Å². The van der Waals surface area contributed by atoms with Gasteiger partial charge >= 0.3 is 11.9 Å². The van der Waals surface area contributed by atoms with Crippen LogP contribution in [-0.2, 0) is 28.7 Å². The number of aliphatic hydroxyl groups is 1. The van der Waals surface area contributed by atoms with Crippen LogP contribution in [0.2, 0.25) is 0 Å². The Kier molecular flexibility index (Phi) is 7.13. The molecular weight excluding hydrogens is 378 g/mol. The lowest BCUT2D eigenvalue weighted by molar-refractivity contribution is -0.172. The summed E-state index contributed by atoms with van der Waals surface area (Å²) < 4.78 is 10.2. The number of carbonyl (C=O) groups excluding carboxylic acids is 4. The first kappa shape index (κ1) is 22.5. The van der Waals surface area contributed by atoms with E-state index in [1.807, 2.05) is 0 Å². The monoisotopic (exact) mass is 405 g/mol. The molecule has 1 aliphatic rings. The molecule has 1 fully saturated rings. The van der Waals surface area contributed by atoms with Gasteiger partial charge in [0.15, 0.2) is 5.78 Å².